The van der Waals surface area contributed by atoms with Gasteiger partial charge in [-0.2, -0.15) is 5.10 Å². The molecule has 2 fully saturated rings. The Labute approximate surface area is 176 Å². The lowest BCUT2D eigenvalue weighted by Gasteiger charge is -2.32. The predicted octanol–water partition coefficient (Wildman–Crippen LogP) is 5.91. The molecule has 0 radical (unpaired) electrons. The number of nitrogens with zero attached hydrogens (tertiary/aromatic N) is 2. The van der Waals surface area contributed by atoms with Gasteiger partial charge < -0.3 is 9.31 Å². The van der Waals surface area contributed by atoms with Crippen molar-refractivity contribution in [2.45, 2.75) is 57.1 Å². The Morgan fingerprint density at radius 3 is 2.40 bits per heavy atom. The predicted molar refractivity (Wildman–Crippen MR) is 117 cm³/mol. The highest BCUT2D eigenvalue weighted by atomic mass is 127. The molecule has 4 rings (SSSR count). The molecule has 4 nitrogen and oxygen atoms in total. The Kier molecular flexibility index (Phi) is 4.58. The van der Waals surface area contributed by atoms with Gasteiger partial charge in [0.1, 0.15) is 0 Å². The molecule has 134 valence electrons. The van der Waals surface area contributed by atoms with Gasteiger partial charge in [0.2, 0.25) is 0 Å². The third kappa shape index (κ3) is 2.75. The molecule has 9 heteroatoms. The van der Waals surface area contributed by atoms with E-state index in [-0.39, 0.29) is 23.6 Å². The van der Waals surface area contributed by atoms with Crippen LogP contribution in [-0.4, -0.2) is 27.9 Å². The number of rotatable bonds is 3. The molecule has 2 aromatic rings. The maximum absolute atomic E-state index is 6.76. The summed E-state index contributed by atoms with van der Waals surface area (Å²) in [7, 11) is -0.287. The smallest absolute Gasteiger partial charge is 0.403 e. The van der Waals surface area contributed by atoms with Crippen LogP contribution in [0, 0.1) is 0 Å². The van der Waals surface area contributed by atoms with E-state index in [4.69, 9.17) is 20.9 Å². The first-order valence-electron chi connectivity index (χ1n) is 8.21. The molecule has 1 aromatic carbocycles. The second kappa shape index (κ2) is 6.05. The SMILES string of the molecule is CC1(C)OB(C2(c3c(Cl)cc4c(cnn4PI)c3Br)CC2)OC1(C)C. The van der Waals surface area contributed by atoms with Crippen molar-refractivity contribution < 1.29 is 9.31 Å². The summed E-state index contributed by atoms with van der Waals surface area (Å²) in [6.07, 6.45) is 4.46. The number of hydrogen-bond acceptors (Lipinski definition) is 3. The number of benzene rings is 1. The molecule has 0 N–H and O–H groups in total. The first-order chi connectivity index (χ1) is 11.6. The summed E-state index contributed by atoms with van der Waals surface area (Å²) >= 11 is 12.9. The fourth-order valence-corrected chi connectivity index (χ4v) is 6.37. The van der Waals surface area contributed by atoms with Crippen LogP contribution in [0.2, 0.25) is 5.02 Å². The molecular weight excluding hydrogens is 536 g/mol. The van der Waals surface area contributed by atoms with Gasteiger partial charge in [0, 0.05) is 20.2 Å². The molecule has 2 aliphatic rings. The van der Waals surface area contributed by atoms with E-state index in [9.17, 15) is 0 Å². The van der Waals surface area contributed by atoms with E-state index in [2.05, 4.69) is 70.8 Å². The molecule has 1 aliphatic carbocycles. The molecule has 0 spiro atoms. The zero-order chi connectivity index (χ0) is 18.2. The van der Waals surface area contributed by atoms with Crippen molar-refractivity contribution in [2.24, 2.45) is 0 Å². The largest absolute Gasteiger partial charge is 0.469 e. The molecular formula is C16H19BBrClIN2O2P. The monoisotopic (exact) mass is 554 g/mol. The summed E-state index contributed by atoms with van der Waals surface area (Å²) in [4.78, 5) is 0. The Balaban J connectivity index is 1.82. The second-order valence-corrected chi connectivity index (χ2v) is 11.1. The van der Waals surface area contributed by atoms with Gasteiger partial charge in [-0.05, 0) is 90.1 Å². The van der Waals surface area contributed by atoms with Crippen LogP contribution in [0.4, 0.5) is 0 Å². The van der Waals surface area contributed by atoms with Crippen molar-refractivity contribution in [2.75, 3.05) is 0 Å². The van der Waals surface area contributed by atoms with E-state index in [1.165, 1.54) is 0 Å². The highest BCUT2D eigenvalue weighted by Crippen LogP contribution is 2.59. The van der Waals surface area contributed by atoms with Gasteiger partial charge in [0.05, 0.1) is 29.3 Å². The molecule has 1 aliphatic heterocycles. The van der Waals surface area contributed by atoms with Crippen LogP contribution in [0.25, 0.3) is 10.9 Å². The fourth-order valence-electron chi connectivity index (χ4n) is 3.43. The van der Waals surface area contributed by atoms with Gasteiger partial charge in [-0.1, -0.05) is 11.6 Å². The molecule has 1 saturated carbocycles. The van der Waals surface area contributed by atoms with Crippen LogP contribution in [0.3, 0.4) is 0 Å². The van der Waals surface area contributed by atoms with Crippen LogP contribution in [-0.2, 0) is 14.6 Å². The maximum atomic E-state index is 6.76. The van der Waals surface area contributed by atoms with E-state index in [1.807, 2.05) is 16.7 Å². The molecule has 2 heterocycles. The van der Waals surface area contributed by atoms with Crippen molar-refractivity contribution in [1.82, 2.24) is 9.55 Å². The van der Waals surface area contributed by atoms with Crippen LogP contribution in [0.1, 0.15) is 46.1 Å². The Morgan fingerprint density at radius 1 is 1.28 bits per heavy atom. The molecule has 1 aromatic heterocycles. The normalized spacial score (nSPS) is 23.9. The van der Waals surface area contributed by atoms with Gasteiger partial charge in [-0.3, -0.25) is 0 Å². The van der Waals surface area contributed by atoms with Gasteiger partial charge >= 0.3 is 7.12 Å². The average molecular weight is 555 g/mol. The zero-order valence-corrected chi connectivity index (χ0v) is 20.0. The fraction of sp³-hybridized carbons (Fsp3) is 0.562. The summed E-state index contributed by atoms with van der Waals surface area (Å²) in [5.74, 6) is 0. The van der Waals surface area contributed by atoms with Crippen molar-refractivity contribution in [3.63, 3.8) is 0 Å². The minimum atomic E-state index is -0.344. The summed E-state index contributed by atoms with van der Waals surface area (Å²) in [5.41, 5.74) is 1.46. The third-order valence-electron chi connectivity index (χ3n) is 5.84. The standard InChI is InChI=1S/C16H19BBrClIN2O2P/c1-14(2)15(3,4)24-17(23-14)16(5-6-16)12-10(19)7-11-9(13(12)18)8-21-22(11)25-20/h7-8,25H,5-6H2,1-4H3. The zero-order valence-electron chi connectivity index (χ0n) is 14.5. The summed E-state index contributed by atoms with van der Waals surface area (Å²) in [5, 5.41) is 6.12. The van der Waals surface area contributed by atoms with Crippen LogP contribution >= 0.6 is 55.9 Å². The quantitative estimate of drug-likeness (QED) is 0.269. The van der Waals surface area contributed by atoms with Gasteiger partial charge in [-0.25, -0.2) is 4.45 Å². The van der Waals surface area contributed by atoms with Crippen LogP contribution in [0.5, 0.6) is 0 Å². The number of fused-ring (bicyclic) bond motifs is 1. The highest BCUT2D eigenvalue weighted by molar-refractivity contribution is 14.2. The second-order valence-electron chi connectivity index (χ2n) is 7.87. The molecule has 0 bridgehead atoms. The topological polar surface area (TPSA) is 36.3 Å². The lowest BCUT2D eigenvalue weighted by atomic mass is 9.64. The summed E-state index contributed by atoms with van der Waals surface area (Å²) in [6.45, 7) is 8.37. The molecule has 1 saturated heterocycles. The van der Waals surface area contributed by atoms with Crippen molar-refractivity contribution in [3.05, 3.63) is 27.3 Å². The molecule has 1 unspecified atom stereocenters. The lowest BCUT2D eigenvalue weighted by molar-refractivity contribution is 0.00578. The number of aromatic nitrogens is 2. The number of hydrogen-bond donors (Lipinski definition) is 0. The van der Waals surface area contributed by atoms with E-state index in [0.29, 0.717) is 6.37 Å². The van der Waals surface area contributed by atoms with E-state index >= 15 is 0 Å². The Hall–Kier alpha value is 0.605. The summed E-state index contributed by atoms with van der Waals surface area (Å²) in [6, 6.07) is 2.03. The van der Waals surface area contributed by atoms with E-state index < -0.39 is 0 Å². The minimum absolute atomic E-state index is 0.191. The van der Waals surface area contributed by atoms with E-state index in [1.54, 1.807) is 0 Å². The van der Waals surface area contributed by atoms with Crippen molar-refractivity contribution >= 4 is 74.0 Å². The first kappa shape index (κ1) is 18.9. The first-order valence-corrected chi connectivity index (χ1v) is 13.4. The van der Waals surface area contributed by atoms with Crippen molar-refractivity contribution in [3.8, 4) is 0 Å². The number of halogens is 3. The molecule has 1 atom stereocenters. The lowest BCUT2D eigenvalue weighted by Crippen LogP contribution is -2.41. The van der Waals surface area contributed by atoms with Gasteiger partial charge in [0.15, 0.2) is 0 Å². The van der Waals surface area contributed by atoms with E-state index in [0.717, 1.165) is 38.8 Å². The van der Waals surface area contributed by atoms with Crippen LogP contribution < -0.4 is 0 Å². The van der Waals surface area contributed by atoms with Gasteiger partial charge in [-0.15, -0.1) is 0 Å². The van der Waals surface area contributed by atoms with Crippen molar-refractivity contribution in [1.29, 1.82) is 0 Å². The minimum Gasteiger partial charge on any atom is -0.403 e. The maximum Gasteiger partial charge on any atom is 0.469 e. The van der Waals surface area contributed by atoms with Gasteiger partial charge in [0.25, 0.3) is 0 Å². The Morgan fingerprint density at radius 2 is 1.88 bits per heavy atom. The third-order valence-corrected chi connectivity index (χ3v) is 8.84. The summed E-state index contributed by atoms with van der Waals surface area (Å²) < 4.78 is 15.7. The van der Waals surface area contributed by atoms with Crippen LogP contribution in [0.15, 0.2) is 16.7 Å². The molecule has 25 heavy (non-hydrogen) atoms. The average Bonchev–Trinajstić information content (AvgIpc) is 3.13. The Bertz CT molecular complexity index is 855. The molecule has 0 amide bonds. The highest BCUT2D eigenvalue weighted by Gasteiger charge is 2.66.